The van der Waals surface area contributed by atoms with Gasteiger partial charge in [-0.25, -0.2) is 0 Å². The summed E-state index contributed by atoms with van der Waals surface area (Å²) in [5.41, 5.74) is 3.64. The summed E-state index contributed by atoms with van der Waals surface area (Å²) in [4.78, 5) is 15.3. The Morgan fingerprint density at radius 3 is 2.13 bits per heavy atom. The molecule has 3 rings (SSSR count). The van der Waals surface area contributed by atoms with Crippen molar-refractivity contribution in [2.45, 2.75) is 38.7 Å². The maximum absolute atomic E-state index is 13.2. The zero-order chi connectivity index (χ0) is 22.4. The van der Waals surface area contributed by atoms with Crippen LogP contribution in [0.2, 0.25) is 0 Å². The van der Waals surface area contributed by atoms with E-state index in [2.05, 4.69) is 49.9 Å². The predicted molar refractivity (Wildman–Crippen MR) is 128 cm³/mol. The molecular weight excluding hydrogens is 382 g/mol. The zero-order valence-electron chi connectivity index (χ0n) is 19.3. The summed E-state index contributed by atoms with van der Waals surface area (Å²) in [6, 6.07) is 26.2. The molecule has 0 radical (unpaired) electrons. The third-order valence-electron chi connectivity index (χ3n) is 5.78. The van der Waals surface area contributed by atoms with E-state index in [1.54, 1.807) is 0 Å². The summed E-state index contributed by atoms with van der Waals surface area (Å²) < 4.78 is 6.17. The standard InChI is InChI=1S/C28H33NO2/c1-21-18-25(16-17-27(21)31-22(2)20-29(4)5)28(3,24-14-10-7-11-15-24)19-26(30)23-12-8-6-9-13-23/h6-18,22H,19-20H2,1-5H3. The lowest BCUT2D eigenvalue weighted by atomic mass is 9.72. The molecule has 0 saturated heterocycles. The maximum Gasteiger partial charge on any atom is 0.164 e. The lowest BCUT2D eigenvalue weighted by molar-refractivity contribution is 0.0962. The second kappa shape index (κ2) is 9.93. The van der Waals surface area contributed by atoms with Crippen LogP contribution in [0.15, 0.2) is 78.9 Å². The van der Waals surface area contributed by atoms with E-state index in [0.29, 0.717) is 6.42 Å². The number of ketones is 1. The average molecular weight is 416 g/mol. The van der Waals surface area contributed by atoms with Crippen LogP contribution in [0.5, 0.6) is 5.75 Å². The van der Waals surface area contributed by atoms with Crippen molar-refractivity contribution in [1.29, 1.82) is 0 Å². The highest BCUT2D eigenvalue weighted by molar-refractivity contribution is 5.97. The Kier molecular flexibility index (Phi) is 7.29. The van der Waals surface area contributed by atoms with Gasteiger partial charge in [0.15, 0.2) is 5.78 Å². The molecule has 3 aromatic carbocycles. The Balaban J connectivity index is 1.94. The first kappa shape index (κ1) is 22.8. The fraction of sp³-hybridized carbons (Fsp3) is 0.321. The third-order valence-corrected chi connectivity index (χ3v) is 5.78. The second-order valence-electron chi connectivity index (χ2n) is 8.84. The SMILES string of the molecule is Cc1cc(C(C)(CC(=O)c2ccccc2)c2ccccc2)ccc1OC(C)CN(C)C. The van der Waals surface area contributed by atoms with Crippen LogP contribution in [-0.2, 0) is 5.41 Å². The summed E-state index contributed by atoms with van der Waals surface area (Å²) in [7, 11) is 4.09. The van der Waals surface area contributed by atoms with Crippen LogP contribution in [0.4, 0.5) is 0 Å². The van der Waals surface area contributed by atoms with E-state index < -0.39 is 5.41 Å². The number of rotatable bonds is 9. The van der Waals surface area contributed by atoms with Crippen LogP contribution in [0, 0.1) is 6.92 Å². The normalized spacial score (nSPS) is 14.1. The fourth-order valence-corrected chi connectivity index (χ4v) is 4.12. The molecule has 0 heterocycles. The molecular formula is C28H33NO2. The average Bonchev–Trinajstić information content (AvgIpc) is 2.75. The van der Waals surface area contributed by atoms with Gasteiger partial charge >= 0.3 is 0 Å². The summed E-state index contributed by atoms with van der Waals surface area (Å²) in [6.45, 7) is 7.17. The number of aryl methyl sites for hydroxylation is 1. The molecule has 2 unspecified atom stereocenters. The van der Waals surface area contributed by atoms with Gasteiger partial charge in [0.25, 0.3) is 0 Å². The van der Waals surface area contributed by atoms with Gasteiger partial charge in [0, 0.05) is 23.9 Å². The first-order valence-corrected chi connectivity index (χ1v) is 10.9. The van der Waals surface area contributed by atoms with Crippen molar-refractivity contribution in [2.24, 2.45) is 0 Å². The number of nitrogens with zero attached hydrogens (tertiary/aromatic N) is 1. The summed E-state index contributed by atoms with van der Waals surface area (Å²) in [6.07, 6.45) is 0.497. The van der Waals surface area contributed by atoms with Crippen LogP contribution < -0.4 is 4.74 Å². The van der Waals surface area contributed by atoms with Gasteiger partial charge in [0.1, 0.15) is 11.9 Å². The van der Waals surface area contributed by atoms with Crippen LogP contribution >= 0.6 is 0 Å². The molecule has 0 aliphatic carbocycles. The molecule has 0 aromatic heterocycles. The zero-order valence-corrected chi connectivity index (χ0v) is 19.3. The first-order valence-electron chi connectivity index (χ1n) is 10.9. The minimum absolute atomic E-state index is 0.0970. The van der Waals surface area contributed by atoms with E-state index in [9.17, 15) is 4.79 Å². The molecule has 0 amide bonds. The van der Waals surface area contributed by atoms with Gasteiger partial charge in [-0.2, -0.15) is 0 Å². The lowest BCUT2D eigenvalue weighted by Crippen LogP contribution is -2.29. The second-order valence-corrected chi connectivity index (χ2v) is 8.84. The summed E-state index contributed by atoms with van der Waals surface area (Å²) >= 11 is 0. The minimum Gasteiger partial charge on any atom is -0.489 e. The van der Waals surface area contributed by atoms with Crippen molar-refractivity contribution in [3.05, 3.63) is 101 Å². The molecule has 162 valence electrons. The number of likely N-dealkylation sites (N-methyl/N-ethyl adjacent to an activating group) is 1. The number of Topliss-reactive ketones (excluding diaryl/α,β-unsaturated/α-hetero) is 1. The Hall–Kier alpha value is -2.91. The molecule has 2 atom stereocenters. The molecule has 0 spiro atoms. The number of benzene rings is 3. The van der Waals surface area contributed by atoms with Gasteiger partial charge in [-0.05, 0) is 50.7 Å². The van der Waals surface area contributed by atoms with Gasteiger partial charge < -0.3 is 9.64 Å². The minimum atomic E-state index is -0.438. The Bertz CT molecular complexity index is 998. The highest BCUT2D eigenvalue weighted by Crippen LogP contribution is 2.38. The summed E-state index contributed by atoms with van der Waals surface area (Å²) in [5, 5.41) is 0. The molecule has 0 N–H and O–H groups in total. The smallest absolute Gasteiger partial charge is 0.164 e. The number of carbonyl (C=O) groups is 1. The van der Waals surface area contributed by atoms with Crippen molar-refractivity contribution in [1.82, 2.24) is 4.90 Å². The van der Waals surface area contributed by atoms with Crippen LogP contribution in [0.3, 0.4) is 0 Å². The lowest BCUT2D eigenvalue weighted by Gasteiger charge is -2.31. The van der Waals surface area contributed by atoms with Gasteiger partial charge in [0.05, 0.1) is 0 Å². The van der Waals surface area contributed by atoms with E-state index in [-0.39, 0.29) is 11.9 Å². The van der Waals surface area contributed by atoms with Crippen molar-refractivity contribution in [2.75, 3.05) is 20.6 Å². The maximum atomic E-state index is 13.2. The number of hydrogen-bond donors (Lipinski definition) is 0. The molecule has 31 heavy (non-hydrogen) atoms. The molecule has 3 heteroatoms. The highest BCUT2D eigenvalue weighted by atomic mass is 16.5. The highest BCUT2D eigenvalue weighted by Gasteiger charge is 2.32. The van der Waals surface area contributed by atoms with E-state index >= 15 is 0 Å². The predicted octanol–water partition coefficient (Wildman–Crippen LogP) is 5.90. The quantitative estimate of drug-likeness (QED) is 0.407. The van der Waals surface area contributed by atoms with E-state index in [1.165, 1.54) is 0 Å². The monoisotopic (exact) mass is 415 g/mol. The molecule has 3 nitrogen and oxygen atoms in total. The molecule has 0 aliphatic heterocycles. The van der Waals surface area contributed by atoms with Crippen LogP contribution in [0.25, 0.3) is 0 Å². The van der Waals surface area contributed by atoms with Gasteiger partial charge in [-0.1, -0.05) is 79.7 Å². The Labute approximate surface area is 186 Å². The molecule has 3 aromatic rings. The van der Waals surface area contributed by atoms with Crippen molar-refractivity contribution in [3.63, 3.8) is 0 Å². The van der Waals surface area contributed by atoms with Crippen molar-refractivity contribution < 1.29 is 9.53 Å². The third kappa shape index (κ3) is 5.62. The molecule has 0 bridgehead atoms. The number of carbonyl (C=O) groups excluding carboxylic acids is 1. The number of hydrogen-bond acceptors (Lipinski definition) is 3. The van der Waals surface area contributed by atoms with E-state index in [1.807, 2.05) is 68.7 Å². The van der Waals surface area contributed by atoms with Gasteiger partial charge in [0.2, 0.25) is 0 Å². The van der Waals surface area contributed by atoms with Gasteiger partial charge in [-0.15, -0.1) is 0 Å². The van der Waals surface area contributed by atoms with Crippen LogP contribution in [0.1, 0.15) is 47.3 Å². The van der Waals surface area contributed by atoms with E-state index in [4.69, 9.17) is 4.74 Å². The van der Waals surface area contributed by atoms with Crippen LogP contribution in [-0.4, -0.2) is 37.4 Å². The molecule has 0 saturated carbocycles. The Morgan fingerprint density at radius 2 is 1.55 bits per heavy atom. The summed E-state index contributed by atoms with van der Waals surface area (Å²) in [5.74, 6) is 1.03. The largest absolute Gasteiger partial charge is 0.489 e. The van der Waals surface area contributed by atoms with Crippen molar-refractivity contribution in [3.8, 4) is 5.75 Å². The number of ether oxygens (including phenoxy) is 1. The van der Waals surface area contributed by atoms with E-state index in [0.717, 1.165) is 34.5 Å². The fourth-order valence-electron chi connectivity index (χ4n) is 4.12. The van der Waals surface area contributed by atoms with Gasteiger partial charge in [-0.3, -0.25) is 4.79 Å². The topological polar surface area (TPSA) is 29.5 Å². The Morgan fingerprint density at radius 1 is 0.935 bits per heavy atom. The molecule has 0 aliphatic rings. The van der Waals surface area contributed by atoms with Crippen molar-refractivity contribution >= 4 is 5.78 Å². The molecule has 0 fully saturated rings. The first-order chi connectivity index (χ1) is 14.8.